The highest BCUT2D eigenvalue weighted by atomic mass is 16.5. The minimum Gasteiger partial charge on any atom is -0.465 e. The molecule has 0 N–H and O–H groups in total. The molecule has 0 radical (unpaired) electrons. The van der Waals surface area contributed by atoms with Gasteiger partial charge in [-0.1, -0.05) is 6.92 Å². The lowest BCUT2D eigenvalue weighted by molar-refractivity contribution is -0.159. The lowest BCUT2D eigenvalue weighted by Gasteiger charge is -2.25. The predicted octanol–water partition coefficient (Wildman–Crippen LogP) is 1.16. The number of esters is 2. The highest BCUT2D eigenvalue weighted by Crippen LogP contribution is 2.25. The van der Waals surface area contributed by atoms with E-state index >= 15 is 0 Å². The standard InChI is InChI=1S/C14H22O6/c1-6-19-13(17)11(9(4)15)8(3)12(10(5)16)14(18)20-7-2/h8,11-12H,6-7H2,1-5H3/t11-,12-/m1/s1. The van der Waals surface area contributed by atoms with Gasteiger partial charge in [0, 0.05) is 0 Å². The second kappa shape index (κ2) is 8.45. The summed E-state index contributed by atoms with van der Waals surface area (Å²) in [6.07, 6.45) is 0. The second-order valence-corrected chi connectivity index (χ2v) is 4.54. The van der Waals surface area contributed by atoms with Gasteiger partial charge in [0.05, 0.1) is 13.2 Å². The molecule has 2 atom stereocenters. The molecule has 0 saturated heterocycles. The van der Waals surface area contributed by atoms with Crippen molar-refractivity contribution in [3.8, 4) is 0 Å². The third kappa shape index (κ3) is 4.75. The van der Waals surface area contributed by atoms with Crippen molar-refractivity contribution >= 4 is 23.5 Å². The Morgan fingerprint density at radius 3 is 1.30 bits per heavy atom. The van der Waals surface area contributed by atoms with Crippen LogP contribution in [0.1, 0.15) is 34.6 Å². The molecule has 0 bridgehead atoms. The lowest BCUT2D eigenvalue weighted by atomic mass is 9.79. The zero-order chi connectivity index (χ0) is 15.9. The van der Waals surface area contributed by atoms with Crippen LogP contribution in [0.5, 0.6) is 0 Å². The Kier molecular flexibility index (Phi) is 7.72. The Bertz CT molecular complexity index is 351. The van der Waals surface area contributed by atoms with Crippen LogP contribution in [0.2, 0.25) is 0 Å². The Labute approximate surface area is 118 Å². The molecule has 0 rings (SSSR count). The van der Waals surface area contributed by atoms with Gasteiger partial charge in [-0.3, -0.25) is 19.2 Å². The smallest absolute Gasteiger partial charge is 0.316 e. The van der Waals surface area contributed by atoms with Gasteiger partial charge in [-0.2, -0.15) is 0 Å². The molecule has 0 heterocycles. The normalized spacial score (nSPS) is 13.5. The lowest BCUT2D eigenvalue weighted by Crippen LogP contribution is -2.40. The van der Waals surface area contributed by atoms with Gasteiger partial charge in [0.2, 0.25) is 0 Å². The Morgan fingerprint density at radius 2 is 1.10 bits per heavy atom. The van der Waals surface area contributed by atoms with Crippen LogP contribution in [0.4, 0.5) is 0 Å². The van der Waals surface area contributed by atoms with Gasteiger partial charge in [0.15, 0.2) is 0 Å². The number of hydrogen-bond acceptors (Lipinski definition) is 6. The fourth-order valence-electron chi connectivity index (χ4n) is 2.16. The fraction of sp³-hybridized carbons (Fsp3) is 0.714. The molecule has 0 aliphatic carbocycles. The van der Waals surface area contributed by atoms with Crippen LogP contribution in [0.15, 0.2) is 0 Å². The van der Waals surface area contributed by atoms with Crippen molar-refractivity contribution in [2.24, 2.45) is 17.8 Å². The summed E-state index contributed by atoms with van der Waals surface area (Å²) in [4.78, 5) is 46.9. The van der Waals surface area contributed by atoms with E-state index in [4.69, 9.17) is 9.47 Å². The van der Waals surface area contributed by atoms with Crippen molar-refractivity contribution in [1.29, 1.82) is 0 Å². The van der Waals surface area contributed by atoms with E-state index in [0.29, 0.717) is 0 Å². The number of carbonyl (C=O) groups is 4. The van der Waals surface area contributed by atoms with Crippen molar-refractivity contribution in [3.63, 3.8) is 0 Å². The Balaban J connectivity index is 5.32. The van der Waals surface area contributed by atoms with Gasteiger partial charge in [0.25, 0.3) is 0 Å². The van der Waals surface area contributed by atoms with Gasteiger partial charge in [0.1, 0.15) is 23.4 Å². The maximum atomic E-state index is 11.8. The van der Waals surface area contributed by atoms with Crippen LogP contribution in [0.25, 0.3) is 0 Å². The van der Waals surface area contributed by atoms with E-state index in [1.807, 2.05) is 0 Å². The average Bonchev–Trinajstić information content (AvgIpc) is 2.28. The monoisotopic (exact) mass is 286 g/mol. The van der Waals surface area contributed by atoms with Gasteiger partial charge < -0.3 is 9.47 Å². The summed E-state index contributed by atoms with van der Waals surface area (Å²) >= 11 is 0. The summed E-state index contributed by atoms with van der Waals surface area (Å²) in [6.45, 7) is 7.47. The number of ether oxygens (including phenoxy) is 2. The quantitative estimate of drug-likeness (QED) is 0.491. The van der Waals surface area contributed by atoms with Gasteiger partial charge >= 0.3 is 11.9 Å². The molecule has 114 valence electrons. The molecule has 0 aliphatic heterocycles. The van der Waals surface area contributed by atoms with Crippen LogP contribution < -0.4 is 0 Å². The molecule has 0 aromatic heterocycles. The molecule has 0 aromatic rings. The largest absolute Gasteiger partial charge is 0.465 e. The number of Topliss-reactive ketones (excluding diaryl/α,β-unsaturated/α-hetero) is 2. The summed E-state index contributed by atoms with van der Waals surface area (Å²) in [5, 5.41) is 0. The summed E-state index contributed by atoms with van der Waals surface area (Å²) in [5.41, 5.74) is 0. The van der Waals surface area contributed by atoms with Crippen molar-refractivity contribution < 1.29 is 28.7 Å². The highest BCUT2D eigenvalue weighted by molar-refractivity contribution is 6.02. The fourth-order valence-corrected chi connectivity index (χ4v) is 2.16. The Morgan fingerprint density at radius 1 is 0.800 bits per heavy atom. The van der Waals surface area contributed by atoms with Crippen molar-refractivity contribution in [2.75, 3.05) is 13.2 Å². The summed E-state index contributed by atoms with van der Waals surface area (Å²) in [7, 11) is 0. The first-order valence-electron chi connectivity index (χ1n) is 6.62. The van der Waals surface area contributed by atoms with Crippen LogP contribution in [0, 0.1) is 17.8 Å². The second-order valence-electron chi connectivity index (χ2n) is 4.54. The summed E-state index contributed by atoms with van der Waals surface area (Å²) in [5.74, 6) is -5.41. The van der Waals surface area contributed by atoms with Crippen molar-refractivity contribution in [1.82, 2.24) is 0 Å². The minimum atomic E-state index is -1.15. The van der Waals surface area contributed by atoms with Crippen LogP contribution in [-0.2, 0) is 28.7 Å². The van der Waals surface area contributed by atoms with Gasteiger partial charge in [-0.05, 0) is 33.6 Å². The van der Waals surface area contributed by atoms with Crippen LogP contribution >= 0.6 is 0 Å². The van der Waals surface area contributed by atoms with E-state index in [9.17, 15) is 19.2 Å². The van der Waals surface area contributed by atoms with E-state index in [-0.39, 0.29) is 13.2 Å². The van der Waals surface area contributed by atoms with Crippen molar-refractivity contribution in [3.05, 3.63) is 0 Å². The molecule has 0 spiro atoms. The molecule has 0 fully saturated rings. The first kappa shape index (κ1) is 18.3. The zero-order valence-electron chi connectivity index (χ0n) is 12.6. The molecule has 20 heavy (non-hydrogen) atoms. The van der Waals surface area contributed by atoms with Crippen LogP contribution in [0.3, 0.4) is 0 Å². The van der Waals surface area contributed by atoms with E-state index in [0.717, 1.165) is 0 Å². The maximum absolute atomic E-state index is 11.8. The first-order valence-corrected chi connectivity index (χ1v) is 6.62. The maximum Gasteiger partial charge on any atom is 0.316 e. The van der Waals surface area contributed by atoms with Crippen LogP contribution in [-0.4, -0.2) is 36.7 Å². The molecule has 0 amide bonds. The molecule has 6 nitrogen and oxygen atoms in total. The average molecular weight is 286 g/mol. The molecular formula is C14H22O6. The van der Waals surface area contributed by atoms with Gasteiger partial charge in [-0.15, -0.1) is 0 Å². The predicted molar refractivity (Wildman–Crippen MR) is 70.8 cm³/mol. The number of hydrogen-bond donors (Lipinski definition) is 0. The number of rotatable bonds is 8. The summed E-state index contributed by atoms with van der Waals surface area (Å²) in [6, 6.07) is 0. The molecule has 0 saturated carbocycles. The minimum absolute atomic E-state index is 0.124. The molecule has 6 heteroatoms. The first-order chi connectivity index (χ1) is 9.27. The summed E-state index contributed by atoms with van der Waals surface area (Å²) < 4.78 is 9.67. The van der Waals surface area contributed by atoms with E-state index in [1.165, 1.54) is 20.8 Å². The third-order valence-corrected chi connectivity index (χ3v) is 3.01. The third-order valence-electron chi connectivity index (χ3n) is 3.01. The van der Waals surface area contributed by atoms with E-state index in [2.05, 4.69) is 0 Å². The molecular weight excluding hydrogens is 264 g/mol. The van der Waals surface area contributed by atoms with E-state index in [1.54, 1.807) is 13.8 Å². The molecule has 0 aromatic carbocycles. The number of ketones is 2. The molecule has 0 aliphatic rings. The highest BCUT2D eigenvalue weighted by Gasteiger charge is 2.41. The zero-order valence-corrected chi connectivity index (χ0v) is 12.6. The topological polar surface area (TPSA) is 86.7 Å². The van der Waals surface area contributed by atoms with Gasteiger partial charge in [-0.25, -0.2) is 0 Å². The molecule has 0 unspecified atom stereocenters. The van der Waals surface area contributed by atoms with Crippen molar-refractivity contribution in [2.45, 2.75) is 34.6 Å². The number of carbonyl (C=O) groups excluding carboxylic acids is 4. The van der Waals surface area contributed by atoms with E-state index < -0.39 is 41.3 Å². The Hall–Kier alpha value is -1.72. The SMILES string of the molecule is CCOC(=O)[C@@H](C(C)=O)C(C)[C@H](C(C)=O)C(=O)OCC.